The highest BCUT2D eigenvalue weighted by Gasteiger charge is 2.24. The van der Waals surface area contributed by atoms with Crippen molar-refractivity contribution in [3.05, 3.63) is 35.8 Å². The molecule has 4 heteroatoms. The van der Waals surface area contributed by atoms with Crippen LogP contribution in [0.3, 0.4) is 0 Å². The smallest absolute Gasteiger partial charge is 0.168 e. The minimum absolute atomic E-state index is 0.0944. The maximum Gasteiger partial charge on any atom is 0.168 e. The molecular formula is C15H17FN2O. The number of nitrogens with one attached hydrogen (secondary N) is 1. The summed E-state index contributed by atoms with van der Waals surface area (Å²) in [6.45, 7) is 1.80. The second-order valence-corrected chi connectivity index (χ2v) is 5.20. The van der Waals surface area contributed by atoms with E-state index in [1.54, 1.807) is 6.07 Å². The Morgan fingerprint density at radius 2 is 2.11 bits per heavy atom. The van der Waals surface area contributed by atoms with Gasteiger partial charge in [0.2, 0.25) is 0 Å². The number of benzene rings is 1. The van der Waals surface area contributed by atoms with Gasteiger partial charge in [0.1, 0.15) is 5.82 Å². The highest BCUT2D eigenvalue weighted by atomic mass is 19.1. The Balaban J connectivity index is 2.02. The summed E-state index contributed by atoms with van der Waals surface area (Å²) in [6.07, 6.45) is 3.60. The van der Waals surface area contributed by atoms with Crippen LogP contribution in [0.25, 0.3) is 10.9 Å². The van der Waals surface area contributed by atoms with Gasteiger partial charge in [0.15, 0.2) is 5.78 Å². The lowest BCUT2D eigenvalue weighted by molar-refractivity contribution is 0.0896. The van der Waals surface area contributed by atoms with Crippen molar-refractivity contribution in [2.75, 3.05) is 13.1 Å². The molecule has 0 saturated carbocycles. The average molecular weight is 260 g/mol. The number of piperidine rings is 1. The van der Waals surface area contributed by atoms with Crippen LogP contribution in [0.1, 0.15) is 23.2 Å². The number of fused-ring (bicyclic) bond motifs is 1. The van der Waals surface area contributed by atoms with Gasteiger partial charge >= 0.3 is 0 Å². The Morgan fingerprint density at radius 3 is 2.84 bits per heavy atom. The molecular weight excluding hydrogens is 243 g/mol. The minimum atomic E-state index is -0.269. The molecule has 0 atom stereocenters. The summed E-state index contributed by atoms with van der Waals surface area (Å²) < 4.78 is 15.1. The van der Waals surface area contributed by atoms with Crippen LogP contribution in [-0.2, 0) is 7.05 Å². The van der Waals surface area contributed by atoms with Crippen molar-refractivity contribution in [3.8, 4) is 0 Å². The molecule has 1 N–H and O–H groups in total. The number of rotatable bonds is 2. The SMILES string of the molecule is Cn1cc(C(=O)C2CCNCC2)c2ccc(F)cc21. The molecule has 100 valence electrons. The van der Waals surface area contributed by atoms with Crippen molar-refractivity contribution >= 4 is 16.7 Å². The van der Waals surface area contributed by atoms with E-state index in [9.17, 15) is 9.18 Å². The van der Waals surface area contributed by atoms with Gasteiger partial charge in [-0.3, -0.25) is 4.79 Å². The first-order chi connectivity index (χ1) is 9.16. The normalized spacial score (nSPS) is 16.9. The predicted molar refractivity (Wildman–Crippen MR) is 72.8 cm³/mol. The van der Waals surface area contributed by atoms with Gasteiger partial charge in [-0.1, -0.05) is 0 Å². The Morgan fingerprint density at radius 1 is 1.37 bits per heavy atom. The number of nitrogens with zero attached hydrogens (tertiary/aromatic N) is 1. The van der Waals surface area contributed by atoms with Gasteiger partial charge in [0, 0.05) is 30.1 Å². The topological polar surface area (TPSA) is 34.0 Å². The molecule has 1 aliphatic rings. The largest absolute Gasteiger partial charge is 0.350 e. The average Bonchev–Trinajstić information content (AvgIpc) is 2.76. The number of aromatic nitrogens is 1. The molecule has 1 aliphatic heterocycles. The molecule has 19 heavy (non-hydrogen) atoms. The zero-order valence-corrected chi connectivity index (χ0v) is 10.9. The first kappa shape index (κ1) is 12.4. The third-order valence-corrected chi connectivity index (χ3v) is 3.93. The summed E-state index contributed by atoms with van der Waals surface area (Å²) >= 11 is 0. The summed E-state index contributed by atoms with van der Waals surface area (Å²) in [7, 11) is 1.85. The van der Waals surface area contributed by atoms with Crippen LogP contribution in [0.4, 0.5) is 4.39 Å². The van der Waals surface area contributed by atoms with E-state index in [1.807, 2.05) is 17.8 Å². The molecule has 0 bridgehead atoms. The number of Topliss-reactive ketones (excluding diaryl/α,β-unsaturated/α-hetero) is 1. The van der Waals surface area contributed by atoms with Crippen LogP contribution in [0, 0.1) is 11.7 Å². The molecule has 1 fully saturated rings. The van der Waals surface area contributed by atoms with Crippen molar-refractivity contribution in [2.45, 2.75) is 12.8 Å². The molecule has 1 aromatic carbocycles. The van der Waals surface area contributed by atoms with Crippen LogP contribution in [0.2, 0.25) is 0 Å². The van der Waals surface area contributed by atoms with Gasteiger partial charge in [-0.2, -0.15) is 0 Å². The summed E-state index contributed by atoms with van der Waals surface area (Å²) in [4.78, 5) is 12.6. The number of halogens is 1. The van der Waals surface area contributed by atoms with Gasteiger partial charge in [-0.05, 0) is 44.1 Å². The van der Waals surface area contributed by atoms with Crippen LogP contribution >= 0.6 is 0 Å². The van der Waals surface area contributed by atoms with Gasteiger partial charge < -0.3 is 9.88 Å². The molecule has 0 aliphatic carbocycles. The molecule has 2 aromatic rings. The fourth-order valence-corrected chi connectivity index (χ4v) is 2.86. The van der Waals surface area contributed by atoms with Gasteiger partial charge in [0.25, 0.3) is 0 Å². The molecule has 3 nitrogen and oxygen atoms in total. The van der Waals surface area contributed by atoms with Crippen LogP contribution in [0.15, 0.2) is 24.4 Å². The Kier molecular flexibility index (Phi) is 3.11. The zero-order valence-electron chi connectivity index (χ0n) is 10.9. The number of carbonyl (C=O) groups excluding carboxylic acids is 1. The summed E-state index contributed by atoms with van der Waals surface area (Å²) in [5.41, 5.74) is 1.50. The third kappa shape index (κ3) is 2.16. The highest BCUT2D eigenvalue weighted by Crippen LogP contribution is 2.26. The number of hydrogen-bond donors (Lipinski definition) is 1. The third-order valence-electron chi connectivity index (χ3n) is 3.93. The number of aryl methyl sites for hydroxylation is 1. The van der Waals surface area contributed by atoms with E-state index < -0.39 is 0 Å². The lowest BCUT2D eigenvalue weighted by Gasteiger charge is -2.21. The lowest BCUT2D eigenvalue weighted by atomic mass is 9.89. The maximum atomic E-state index is 13.3. The monoisotopic (exact) mass is 260 g/mol. The summed E-state index contributed by atoms with van der Waals surface area (Å²) in [6, 6.07) is 4.61. The van der Waals surface area contributed by atoms with Crippen LogP contribution in [0.5, 0.6) is 0 Å². The molecule has 1 aromatic heterocycles. The fourth-order valence-electron chi connectivity index (χ4n) is 2.86. The predicted octanol–water partition coefficient (Wildman–Crippen LogP) is 2.50. The summed E-state index contributed by atoms with van der Waals surface area (Å²) in [5.74, 6) is 0.0187. The first-order valence-electron chi connectivity index (χ1n) is 6.66. The van der Waals surface area contributed by atoms with Gasteiger partial charge in [-0.25, -0.2) is 4.39 Å². The van der Waals surface area contributed by atoms with E-state index in [4.69, 9.17) is 0 Å². The number of ketones is 1. The quantitative estimate of drug-likeness (QED) is 0.842. The zero-order chi connectivity index (χ0) is 13.4. The van der Waals surface area contributed by atoms with Gasteiger partial charge in [-0.15, -0.1) is 0 Å². The van der Waals surface area contributed by atoms with E-state index in [2.05, 4.69) is 5.32 Å². The van der Waals surface area contributed by atoms with E-state index in [1.165, 1.54) is 12.1 Å². The van der Waals surface area contributed by atoms with E-state index >= 15 is 0 Å². The second kappa shape index (κ2) is 4.78. The Labute approximate surface area is 111 Å². The van der Waals surface area contributed by atoms with E-state index in [0.29, 0.717) is 0 Å². The highest BCUT2D eigenvalue weighted by molar-refractivity contribution is 6.09. The van der Waals surface area contributed by atoms with E-state index in [0.717, 1.165) is 42.4 Å². The molecule has 0 amide bonds. The van der Waals surface area contributed by atoms with Gasteiger partial charge in [0.05, 0.1) is 5.52 Å². The molecule has 0 spiro atoms. The summed E-state index contributed by atoms with van der Waals surface area (Å²) in [5, 5.41) is 4.12. The van der Waals surface area contributed by atoms with Crippen molar-refractivity contribution in [1.82, 2.24) is 9.88 Å². The van der Waals surface area contributed by atoms with Crippen molar-refractivity contribution in [3.63, 3.8) is 0 Å². The second-order valence-electron chi connectivity index (χ2n) is 5.20. The first-order valence-corrected chi connectivity index (χ1v) is 6.66. The molecule has 1 saturated heterocycles. The van der Waals surface area contributed by atoms with Crippen molar-refractivity contribution < 1.29 is 9.18 Å². The molecule has 0 radical (unpaired) electrons. The maximum absolute atomic E-state index is 13.3. The number of hydrogen-bond acceptors (Lipinski definition) is 2. The standard InChI is InChI=1S/C15H17FN2O/c1-18-9-13(12-3-2-11(16)8-14(12)18)15(19)10-4-6-17-7-5-10/h2-3,8-10,17H,4-7H2,1H3. The fraction of sp³-hybridized carbons (Fsp3) is 0.400. The number of carbonyl (C=O) groups is 1. The van der Waals surface area contributed by atoms with Crippen LogP contribution in [-0.4, -0.2) is 23.4 Å². The Bertz CT molecular complexity index is 626. The molecule has 3 rings (SSSR count). The minimum Gasteiger partial charge on any atom is -0.350 e. The van der Waals surface area contributed by atoms with Crippen molar-refractivity contribution in [1.29, 1.82) is 0 Å². The molecule has 0 unspecified atom stereocenters. The molecule has 2 heterocycles. The Hall–Kier alpha value is -1.68. The van der Waals surface area contributed by atoms with Crippen molar-refractivity contribution in [2.24, 2.45) is 13.0 Å². The lowest BCUT2D eigenvalue weighted by Crippen LogP contribution is -2.31. The van der Waals surface area contributed by atoms with E-state index in [-0.39, 0.29) is 17.5 Å². The van der Waals surface area contributed by atoms with Crippen LogP contribution < -0.4 is 5.32 Å².